The third-order valence-electron chi connectivity index (χ3n) is 2.82. The molecule has 2 N–H and O–H groups in total. The number of nitrogens with two attached hydrogens (primary N) is 1. The first-order valence-corrected chi connectivity index (χ1v) is 8.45. The number of hydrogen-bond acceptors (Lipinski definition) is 6. The molecule has 0 bridgehead atoms. The SMILES string of the molecule is CC(C)(N)CCSCC1COCCOCCOCCO1. The fourth-order valence-electron chi connectivity index (χ4n) is 1.62. The summed E-state index contributed by atoms with van der Waals surface area (Å²) >= 11 is 1.87. The van der Waals surface area contributed by atoms with Gasteiger partial charge < -0.3 is 24.7 Å². The van der Waals surface area contributed by atoms with E-state index in [1.807, 2.05) is 11.8 Å². The Bertz CT molecular complexity index is 224. The Labute approximate surface area is 126 Å². The second kappa shape index (κ2) is 10.8. The molecule has 0 aromatic rings. The fourth-order valence-corrected chi connectivity index (χ4v) is 2.92. The topological polar surface area (TPSA) is 62.9 Å². The number of ether oxygens (including phenoxy) is 4. The van der Waals surface area contributed by atoms with Crippen LogP contribution >= 0.6 is 11.8 Å². The molecule has 1 unspecified atom stereocenters. The first-order chi connectivity index (χ1) is 9.58. The van der Waals surface area contributed by atoms with E-state index in [4.69, 9.17) is 24.7 Å². The molecule has 1 heterocycles. The largest absolute Gasteiger partial charge is 0.377 e. The second-order valence-corrected chi connectivity index (χ2v) is 6.76. The summed E-state index contributed by atoms with van der Waals surface area (Å²) in [5.74, 6) is 1.97. The van der Waals surface area contributed by atoms with Crippen molar-refractivity contribution in [2.45, 2.75) is 31.9 Å². The average molecular weight is 307 g/mol. The van der Waals surface area contributed by atoms with E-state index in [1.165, 1.54) is 0 Å². The zero-order chi connectivity index (χ0) is 14.7. The molecule has 0 aromatic carbocycles. The van der Waals surface area contributed by atoms with Gasteiger partial charge in [0.2, 0.25) is 0 Å². The van der Waals surface area contributed by atoms with Crippen LogP contribution in [0.5, 0.6) is 0 Å². The van der Waals surface area contributed by atoms with Gasteiger partial charge in [-0.05, 0) is 26.0 Å². The molecular weight excluding hydrogens is 278 g/mol. The van der Waals surface area contributed by atoms with Crippen LogP contribution in [0.1, 0.15) is 20.3 Å². The van der Waals surface area contributed by atoms with Crippen molar-refractivity contribution >= 4 is 11.8 Å². The van der Waals surface area contributed by atoms with Gasteiger partial charge in [0.25, 0.3) is 0 Å². The predicted octanol–water partition coefficient (Wildman–Crippen LogP) is 1.30. The Morgan fingerprint density at radius 2 is 1.60 bits per heavy atom. The highest BCUT2D eigenvalue weighted by Crippen LogP contribution is 2.13. The molecule has 1 aliphatic heterocycles. The minimum atomic E-state index is -0.0952. The van der Waals surface area contributed by atoms with Gasteiger partial charge in [0.05, 0.1) is 52.4 Å². The fraction of sp³-hybridized carbons (Fsp3) is 1.00. The summed E-state index contributed by atoms with van der Waals surface area (Å²) in [5, 5.41) is 0. The Morgan fingerprint density at radius 3 is 2.25 bits per heavy atom. The van der Waals surface area contributed by atoms with Crippen molar-refractivity contribution in [1.29, 1.82) is 0 Å². The highest BCUT2D eigenvalue weighted by atomic mass is 32.2. The zero-order valence-electron chi connectivity index (χ0n) is 12.8. The molecular formula is C14H29NO4S. The lowest BCUT2D eigenvalue weighted by Gasteiger charge is -2.21. The molecule has 6 heteroatoms. The van der Waals surface area contributed by atoms with Crippen molar-refractivity contribution in [3.8, 4) is 0 Å². The third-order valence-corrected chi connectivity index (χ3v) is 3.92. The smallest absolute Gasteiger partial charge is 0.0899 e. The first kappa shape index (κ1) is 18.2. The molecule has 1 fully saturated rings. The number of thioether (sulfide) groups is 1. The van der Waals surface area contributed by atoms with Gasteiger partial charge in [0.15, 0.2) is 0 Å². The molecule has 1 aliphatic rings. The van der Waals surface area contributed by atoms with Crippen molar-refractivity contribution in [3.63, 3.8) is 0 Å². The minimum absolute atomic E-state index is 0.0952. The molecule has 120 valence electrons. The maximum absolute atomic E-state index is 5.97. The van der Waals surface area contributed by atoms with Gasteiger partial charge in [0, 0.05) is 11.3 Å². The van der Waals surface area contributed by atoms with Gasteiger partial charge in [0.1, 0.15) is 0 Å². The van der Waals surface area contributed by atoms with Gasteiger partial charge in [-0.3, -0.25) is 0 Å². The van der Waals surface area contributed by atoms with Crippen molar-refractivity contribution in [2.24, 2.45) is 5.73 Å². The van der Waals surface area contributed by atoms with Gasteiger partial charge in [-0.15, -0.1) is 0 Å². The highest BCUT2D eigenvalue weighted by Gasteiger charge is 2.13. The normalized spacial score (nSPS) is 23.9. The number of hydrogen-bond donors (Lipinski definition) is 1. The van der Waals surface area contributed by atoms with Crippen molar-refractivity contribution < 1.29 is 18.9 Å². The molecule has 20 heavy (non-hydrogen) atoms. The third kappa shape index (κ3) is 10.9. The summed E-state index contributed by atoms with van der Waals surface area (Å²) in [6.07, 6.45) is 1.12. The van der Waals surface area contributed by atoms with Crippen LogP contribution in [0.2, 0.25) is 0 Å². The van der Waals surface area contributed by atoms with Crippen molar-refractivity contribution in [1.82, 2.24) is 0 Å². The Morgan fingerprint density at radius 1 is 1.00 bits per heavy atom. The van der Waals surface area contributed by atoms with Crippen LogP contribution in [0, 0.1) is 0 Å². The van der Waals surface area contributed by atoms with Gasteiger partial charge in [-0.25, -0.2) is 0 Å². The summed E-state index contributed by atoms with van der Waals surface area (Å²) in [7, 11) is 0. The van der Waals surface area contributed by atoms with E-state index >= 15 is 0 Å². The first-order valence-electron chi connectivity index (χ1n) is 7.29. The second-order valence-electron chi connectivity index (χ2n) is 5.61. The molecule has 1 atom stereocenters. The molecule has 1 saturated heterocycles. The van der Waals surface area contributed by atoms with Crippen LogP contribution in [0.4, 0.5) is 0 Å². The predicted molar refractivity (Wildman–Crippen MR) is 82.4 cm³/mol. The van der Waals surface area contributed by atoms with Crippen molar-refractivity contribution in [3.05, 3.63) is 0 Å². The van der Waals surface area contributed by atoms with E-state index in [1.54, 1.807) is 0 Å². The zero-order valence-corrected chi connectivity index (χ0v) is 13.6. The van der Waals surface area contributed by atoms with Crippen LogP contribution in [-0.2, 0) is 18.9 Å². The molecule has 1 rings (SSSR count). The van der Waals surface area contributed by atoms with Gasteiger partial charge in [-0.1, -0.05) is 0 Å². The van der Waals surface area contributed by atoms with E-state index in [0.29, 0.717) is 46.2 Å². The molecule has 0 amide bonds. The minimum Gasteiger partial charge on any atom is -0.377 e. The van der Waals surface area contributed by atoms with Crippen LogP contribution in [0.3, 0.4) is 0 Å². The van der Waals surface area contributed by atoms with Crippen LogP contribution < -0.4 is 5.73 Å². The van der Waals surface area contributed by atoms with Gasteiger partial charge in [-0.2, -0.15) is 11.8 Å². The van der Waals surface area contributed by atoms with E-state index < -0.39 is 0 Å². The van der Waals surface area contributed by atoms with Gasteiger partial charge >= 0.3 is 0 Å². The summed E-state index contributed by atoms with van der Waals surface area (Å²) in [5.41, 5.74) is 5.88. The lowest BCUT2D eigenvalue weighted by atomic mass is 10.0. The van der Waals surface area contributed by atoms with Crippen LogP contribution in [0.25, 0.3) is 0 Å². The van der Waals surface area contributed by atoms with E-state index in [2.05, 4.69) is 13.8 Å². The Hall–Kier alpha value is 0.150. The van der Waals surface area contributed by atoms with Crippen LogP contribution in [0.15, 0.2) is 0 Å². The molecule has 0 aromatic heterocycles. The van der Waals surface area contributed by atoms with Crippen LogP contribution in [-0.4, -0.2) is 69.4 Å². The van der Waals surface area contributed by atoms with E-state index in [-0.39, 0.29) is 11.6 Å². The van der Waals surface area contributed by atoms with E-state index in [9.17, 15) is 0 Å². The number of rotatable bonds is 5. The summed E-state index contributed by atoms with van der Waals surface area (Å²) in [4.78, 5) is 0. The summed E-state index contributed by atoms with van der Waals surface area (Å²) in [6, 6.07) is 0. The maximum Gasteiger partial charge on any atom is 0.0899 e. The molecule has 0 radical (unpaired) electrons. The highest BCUT2D eigenvalue weighted by molar-refractivity contribution is 7.99. The molecule has 0 saturated carbocycles. The Kier molecular flexibility index (Phi) is 9.84. The Balaban J connectivity index is 2.17. The molecule has 0 spiro atoms. The van der Waals surface area contributed by atoms with Crippen molar-refractivity contribution in [2.75, 3.05) is 57.8 Å². The monoisotopic (exact) mass is 307 g/mol. The molecule has 5 nitrogen and oxygen atoms in total. The van der Waals surface area contributed by atoms with E-state index in [0.717, 1.165) is 17.9 Å². The maximum atomic E-state index is 5.97. The summed E-state index contributed by atoms with van der Waals surface area (Å²) < 4.78 is 22.2. The quantitative estimate of drug-likeness (QED) is 0.772. The standard InChI is InChI=1S/C14H29NO4S/c1-14(2,15)3-10-20-12-13-11-18-7-6-16-4-5-17-8-9-19-13/h13H,3-12,15H2,1-2H3. The lowest BCUT2D eigenvalue weighted by Crippen LogP contribution is -2.32. The lowest BCUT2D eigenvalue weighted by molar-refractivity contribution is -0.0593. The summed E-state index contributed by atoms with van der Waals surface area (Å²) in [6.45, 7) is 8.41. The molecule has 0 aliphatic carbocycles. The average Bonchev–Trinajstić information content (AvgIpc) is 2.36.